The van der Waals surface area contributed by atoms with E-state index in [1.165, 1.54) is 28.8 Å². The minimum absolute atomic E-state index is 0.0492. The van der Waals surface area contributed by atoms with Crippen molar-refractivity contribution in [1.82, 2.24) is 9.91 Å². The van der Waals surface area contributed by atoms with E-state index in [-0.39, 0.29) is 11.4 Å². The van der Waals surface area contributed by atoms with Crippen molar-refractivity contribution in [3.05, 3.63) is 65.2 Å². The highest BCUT2D eigenvalue weighted by atomic mass is 32.2. The Morgan fingerprint density at radius 1 is 0.943 bits per heavy atom. The van der Waals surface area contributed by atoms with Gasteiger partial charge in [-0.2, -0.15) is 10.0 Å². The van der Waals surface area contributed by atoms with E-state index in [0.717, 1.165) is 42.4 Å². The van der Waals surface area contributed by atoms with E-state index in [1.54, 1.807) is 6.08 Å². The van der Waals surface area contributed by atoms with Crippen molar-refractivity contribution in [2.75, 3.05) is 26.3 Å². The maximum atomic E-state index is 12.7. The first-order valence-corrected chi connectivity index (χ1v) is 12.6. The van der Waals surface area contributed by atoms with Gasteiger partial charge in [0.2, 0.25) is 5.17 Å². The molecule has 3 aliphatic heterocycles. The molecule has 2 aromatic carbocycles. The maximum Gasteiger partial charge on any atom is 0.283 e. The number of carbonyl (C=O) groups excluding carboxylic acids is 1. The molecule has 0 unspecified atom stereocenters. The number of likely N-dealkylation sites (tertiary alicyclic amines) is 1. The number of fused-ring (bicyclic) bond motifs is 1. The molecular weight excluding hydrogens is 462 g/mol. The monoisotopic (exact) mass is 489 g/mol. The topological polar surface area (TPSA) is 90.6 Å². The zero-order valence-electron chi connectivity index (χ0n) is 19.6. The molecule has 3 heterocycles. The van der Waals surface area contributed by atoms with E-state index < -0.39 is 5.91 Å². The molecule has 0 radical (unpaired) electrons. The zero-order valence-corrected chi connectivity index (χ0v) is 20.4. The molecule has 9 heteroatoms. The summed E-state index contributed by atoms with van der Waals surface area (Å²) in [4.78, 5) is 19.1. The van der Waals surface area contributed by atoms with Crippen molar-refractivity contribution in [3.63, 3.8) is 0 Å². The summed E-state index contributed by atoms with van der Waals surface area (Å²) in [5.41, 5.74) is 2.19. The standard InChI is InChI=1S/C26H27N5O3S/c1-18-5-9-20(10-6-18)33-15-16-34-21-11-7-19(8-12-21)17-22-23(27)31-25(28-24(22)32)35-26(29-31)30-13-3-2-4-14-30/h5-12,17,27H,2-4,13-16H2,1H3/b22-17+,27-23?. The number of rotatable bonds is 6. The van der Waals surface area contributed by atoms with Crippen molar-refractivity contribution >= 4 is 39.9 Å². The van der Waals surface area contributed by atoms with Crippen LogP contribution in [0.25, 0.3) is 6.08 Å². The fourth-order valence-electron chi connectivity index (χ4n) is 3.98. The van der Waals surface area contributed by atoms with Gasteiger partial charge in [0.15, 0.2) is 11.0 Å². The van der Waals surface area contributed by atoms with Crippen molar-refractivity contribution in [2.45, 2.75) is 26.2 Å². The molecule has 35 heavy (non-hydrogen) atoms. The van der Waals surface area contributed by atoms with Crippen LogP contribution in [0.4, 0.5) is 0 Å². The second-order valence-electron chi connectivity index (χ2n) is 8.53. The summed E-state index contributed by atoms with van der Waals surface area (Å²) in [7, 11) is 0. The van der Waals surface area contributed by atoms with Crippen LogP contribution in [-0.4, -0.2) is 58.3 Å². The van der Waals surface area contributed by atoms with Crippen molar-refractivity contribution < 1.29 is 14.3 Å². The smallest absolute Gasteiger partial charge is 0.283 e. The fraction of sp³-hybridized carbons (Fsp3) is 0.308. The lowest BCUT2D eigenvalue weighted by Crippen LogP contribution is -2.35. The van der Waals surface area contributed by atoms with Crippen LogP contribution in [-0.2, 0) is 4.79 Å². The molecule has 1 fully saturated rings. The number of nitrogens with zero attached hydrogens (tertiary/aromatic N) is 4. The molecular formula is C26H27N5O3S. The lowest BCUT2D eigenvalue weighted by Gasteiger charge is -2.26. The van der Waals surface area contributed by atoms with Gasteiger partial charge < -0.3 is 14.4 Å². The quantitative estimate of drug-likeness (QED) is 0.474. The molecule has 1 N–H and O–H groups in total. The summed E-state index contributed by atoms with van der Waals surface area (Å²) in [6.07, 6.45) is 5.17. The summed E-state index contributed by atoms with van der Waals surface area (Å²) in [5, 5.41) is 15.9. The number of thioether (sulfide) groups is 1. The van der Waals surface area contributed by atoms with Gasteiger partial charge in [-0.05, 0) is 73.9 Å². The van der Waals surface area contributed by atoms with Crippen LogP contribution in [0.2, 0.25) is 0 Å². The minimum atomic E-state index is -0.419. The number of hydrazone groups is 1. The number of hydrogen-bond donors (Lipinski definition) is 1. The lowest BCUT2D eigenvalue weighted by atomic mass is 10.1. The SMILES string of the molecule is Cc1ccc(OCCOc2ccc(/C=C3\C(=N)N4N=C(N5CCCCC5)SC4=NC3=O)cc2)cc1. The number of hydrogen-bond acceptors (Lipinski definition) is 7. The van der Waals surface area contributed by atoms with Crippen LogP contribution >= 0.6 is 11.8 Å². The Kier molecular flexibility index (Phi) is 6.85. The van der Waals surface area contributed by atoms with Gasteiger partial charge in [-0.3, -0.25) is 10.2 Å². The summed E-state index contributed by atoms with van der Waals surface area (Å²) >= 11 is 1.36. The van der Waals surface area contributed by atoms with E-state index in [9.17, 15) is 4.79 Å². The Morgan fingerprint density at radius 2 is 1.57 bits per heavy atom. The molecule has 0 aliphatic carbocycles. The summed E-state index contributed by atoms with van der Waals surface area (Å²) < 4.78 is 11.4. The third-order valence-corrected chi connectivity index (χ3v) is 6.87. The molecule has 0 atom stereocenters. The van der Waals surface area contributed by atoms with Gasteiger partial charge in [-0.15, -0.1) is 5.10 Å². The lowest BCUT2D eigenvalue weighted by molar-refractivity contribution is -0.114. The van der Waals surface area contributed by atoms with Gasteiger partial charge in [0.25, 0.3) is 5.91 Å². The first-order valence-electron chi connectivity index (χ1n) is 11.7. The Balaban J connectivity index is 1.19. The highest BCUT2D eigenvalue weighted by Gasteiger charge is 2.37. The second kappa shape index (κ2) is 10.4. The number of piperidine rings is 1. The zero-order chi connectivity index (χ0) is 24.2. The van der Waals surface area contributed by atoms with E-state index in [0.29, 0.717) is 24.1 Å². The van der Waals surface area contributed by atoms with Gasteiger partial charge in [0.1, 0.15) is 24.7 Å². The first kappa shape index (κ1) is 23.2. The number of benzene rings is 2. The van der Waals surface area contributed by atoms with Crippen LogP contribution in [0.5, 0.6) is 11.5 Å². The molecule has 0 bridgehead atoms. The first-order chi connectivity index (χ1) is 17.1. The summed E-state index contributed by atoms with van der Waals surface area (Å²) in [6.45, 7) is 4.79. The van der Waals surface area contributed by atoms with Crippen molar-refractivity contribution in [3.8, 4) is 11.5 Å². The molecule has 5 rings (SSSR count). The van der Waals surface area contributed by atoms with Crippen LogP contribution in [0.1, 0.15) is 30.4 Å². The molecule has 0 aromatic heterocycles. The van der Waals surface area contributed by atoms with Crippen LogP contribution in [0, 0.1) is 12.3 Å². The number of aryl methyl sites for hydroxylation is 1. The Hall–Kier alpha value is -3.59. The Labute approximate surface area is 208 Å². The van der Waals surface area contributed by atoms with Gasteiger partial charge in [-0.25, -0.2) is 0 Å². The van der Waals surface area contributed by atoms with E-state index >= 15 is 0 Å². The molecule has 180 valence electrons. The van der Waals surface area contributed by atoms with Crippen LogP contribution < -0.4 is 9.47 Å². The van der Waals surface area contributed by atoms with Crippen molar-refractivity contribution in [2.24, 2.45) is 10.1 Å². The van der Waals surface area contributed by atoms with E-state index in [1.807, 2.05) is 55.5 Å². The normalized spacial score (nSPS) is 18.9. The third-order valence-electron chi connectivity index (χ3n) is 5.90. The maximum absolute atomic E-state index is 12.7. The Morgan fingerprint density at radius 3 is 2.23 bits per heavy atom. The summed E-state index contributed by atoms with van der Waals surface area (Å²) in [5.74, 6) is 1.15. The molecule has 0 spiro atoms. The van der Waals surface area contributed by atoms with Crippen LogP contribution in [0.15, 0.2) is 64.2 Å². The molecule has 1 saturated heterocycles. The molecule has 3 aliphatic rings. The van der Waals surface area contributed by atoms with Gasteiger partial charge in [0.05, 0.1) is 5.57 Å². The molecule has 2 aromatic rings. The number of carbonyl (C=O) groups is 1. The molecule has 1 amide bonds. The fourth-order valence-corrected chi connectivity index (χ4v) is 4.92. The van der Waals surface area contributed by atoms with E-state index in [4.69, 9.17) is 14.9 Å². The summed E-state index contributed by atoms with van der Waals surface area (Å²) in [6, 6.07) is 15.3. The Bertz CT molecular complexity index is 1200. The highest BCUT2D eigenvalue weighted by molar-refractivity contribution is 8.26. The highest BCUT2D eigenvalue weighted by Crippen LogP contribution is 2.30. The number of amidine groups is 3. The number of ether oxygens (including phenoxy) is 2. The van der Waals surface area contributed by atoms with Crippen LogP contribution in [0.3, 0.4) is 0 Å². The van der Waals surface area contributed by atoms with Gasteiger partial charge >= 0.3 is 0 Å². The van der Waals surface area contributed by atoms with Gasteiger partial charge in [0, 0.05) is 13.1 Å². The number of aliphatic imine (C=N–C) groups is 1. The van der Waals surface area contributed by atoms with E-state index in [2.05, 4.69) is 15.0 Å². The second-order valence-corrected chi connectivity index (χ2v) is 9.46. The average molecular weight is 490 g/mol. The van der Waals surface area contributed by atoms with Crippen molar-refractivity contribution in [1.29, 1.82) is 5.41 Å². The largest absolute Gasteiger partial charge is 0.490 e. The van der Waals surface area contributed by atoms with Gasteiger partial charge in [-0.1, -0.05) is 29.8 Å². The molecule has 0 saturated carbocycles. The number of amides is 1. The minimum Gasteiger partial charge on any atom is -0.490 e. The predicted octanol–water partition coefficient (Wildman–Crippen LogP) is 4.52. The predicted molar refractivity (Wildman–Crippen MR) is 139 cm³/mol. The third kappa shape index (κ3) is 5.40. The average Bonchev–Trinajstić information content (AvgIpc) is 3.31. The molecule has 8 nitrogen and oxygen atoms in total. The number of nitrogens with one attached hydrogen (secondary N) is 1.